The maximum atomic E-state index is 10.6. The molecule has 0 saturated carbocycles. The van der Waals surface area contributed by atoms with Gasteiger partial charge in [-0.25, -0.2) is 4.79 Å². The van der Waals surface area contributed by atoms with Gasteiger partial charge >= 0.3 is 5.97 Å². The SMILES string of the molecule is C=C(CC(O)c1ccc2c(c1)OCO2)C(=O)O. The number of hydrogen-bond donors (Lipinski definition) is 2. The van der Waals surface area contributed by atoms with E-state index in [9.17, 15) is 9.90 Å². The van der Waals surface area contributed by atoms with Crippen molar-refractivity contribution in [3.05, 3.63) is 35.9 Å². The van der Waals surface area contributed by atoms with Crippen molar-refractivity contribution in [3.8, 4) is 11.5 Å². The van der Waals surface area contributed by atoms with Gasteiger partial charge in [-0.2, -0.15) is 0 Å². The normalized spacial score (nSPS) is 14.4. The summed E-state index contributed by atoms with van der Waals surface area (Å²) in [6.07, 6.45) is -0.928. The van der Waals surface area contributed by atoms with Crippen molar-refractivity contribution < 1.29 is 24.5 Å². The molecule has 0 saturated heterocycles. The van der Waals surface area contributed by atoms with Crippen LogP contribution >= 0.6 is 0 Å². The molecule has 1 aromatic rings. The highest BCUT2D eigenvalue weighted by Gasteiger charge is 2.18. The molecule has 0 amide bonds. The third kappa shape index (κ3) is 2.39. The fourth-order valence-electron chi connectivity index (χ4n) is 1.56. The fraction of sp³-hybridized carbons (Fsp3) is 0.250. The van der Waals surface area contributed by atoms with Crippen LogP contribution in [-0.4, -0.2) is 23.0 Å². The lowest BCUT2D eigenvalue weighted by molar-refractivity contribution is -0.133. The molecule has 0 bridgehead atoms. The predicted octanol–water partition coefficient (Wildman–Crippen LogP) is 1.48. The lowest BCUT2D eigenvalue weighted by atomic mass is 10.0. The largest absolute Gasteiger partial charge is 0.478 e. The van der Waals surface area contributed by atoms with Crippen LogP contribution in [0.4, 0.5) is 0 Å². The number of fused-ring (bicyclic) bond motifs is 1. The van der Waals surface area contributed by atoms with Gasteiger partial charge in [0.1, 0.15) is 0 Å². The summed E-state index contributed by atoms with van der Waals surface area (Å²) in [7, 11) is 0. The Labute approximate surface area is 97.9 Å². The van der Waals surface area contributed by atoms with Crippen molar-refractivity contribution in [2.24, 2.45) is 0 Å². The number of ether oxygens (including phenoxy) is 2. The molecule has 0 fully saturated rings. The Morgan fingerprint density at radius 1 is 1.41 bits per heavy atom. The number of aliphatic hydroxyl groups is 1. The van der Waals surface area contributed by atoms with E-state index in [0.29, 0.717) is 17.1 Å². The minimum absolute atomic E-state index is 0.0189. The van der Waals surface area contributed by atoms with Crippen molar-refractivity contribution in [2.45, 2.75) is 12.5 Å². The van der Waals surface area contributed by atoms with E-state index in [1.165, 1.54) is 0 Å². The van der Waals surface area contributed by atoms with Crippen LogP contribution in [0.3, 0.4) is 0 Å². The Morgan fingerprint density at radius 3 is 2.82 bits per heavy atom. The molecule has 17 heavy (non-hydrogen) atoms. The standard InChI is InChI=1S/C12H12O5/c1-7(12(14)15)4-9(13)8-2-3-10-11(5-8)17-6-16-10/h2-3,5,9,13H,1,4,6H2,(H,14,15). The minimum atomic E-state index is -1.11. The maximum Gasteiger partial charge on any atom is 0.331 e. The Morgan fingerprint density at radius 2 is 2.12 bits per heavy atom. The highest BCUT2D eigenvalue weighted by atomic mass is 16.7. The molecule has 1 aliphatic rings. The molecule has 0 aromatic heterocycles. The number of aliphatic hydroxyl groups excluding tert-OH is 1. The molecule has 90 valence electrons. The molecule has 2 N–H and O–H groups in total. The molecule has 0 spiro atoms. The molecular weight excluding hydrogens is 224 g/mol. The Kier molecular flexibility index (Phi) is 3.01. The Balaban J connectivity index is 2.12. The average Bonchev–Trinajstić information content (AvgIpc) is 2.75. The topological polar surface area (TPSA) is 76.0 Å². The van der Waals surface area contributed by atoms with Gasteiger partial charge < -0.3 is 19.7 Å². The van der Waals surface area contributed by atoms with Gasteiger partial charge in [0, 0.05) is 12.0 Å². The average molecular weight is 236 g/mol. The number of aliphatic carboxylic acids is 1. The number of carboxylic acid groups (broad SMARTS) is 1. The second kappa shape index (κ2) is 4.47. The van der Waals surface area contributed by atoms with Crippen LogP contribution in [0.15, 0.2) is 30.4 Å². The van der Waals surface area contributed by atoms with E-state index in [1.807, 2.05) is 0 Å². The van der Waals surface area contributed by atoms with Crippen molar-refractivity contribution in [1.82, 2.24) is 0 Å². The Bertz CT molecular complexity index is 466. The second-order valence-electron chi connectivity index (χ2n) is 3.74. The van der Waals surface area contributed by atoms with Gasteiger partial charge in [-0.1, -0.05) is 12.6 Å². The lowest BCUT2D eigenvalue weighted by Gasteiger charge is -2.11. The first-order valence-corrected chi connectivity index (χ1v) is 5.06. The molecule has 2 rings (SSSR count). The van der Waals surface area contributed by atoms with Gasteiger partial charge in [-0.15, -0.1) is 0 Å². The van der Waals surface area contributed by atoms with Crippen LogP contribution in [0.5, 0.6) is 11.5 Å². The quantitative estimate of drug-likeness (QED) is 0.774. The molecule has 1 aromatic carbocycles. The first kappa shape index (κ1) is 11.5. The summed E-state index contributed by atoms with van der Waals surface area (Å²) in [5, 5.41) is 18.5. The summed E-state index contributed by atoms with van der Waals surface area (Å²) < 4.78 is 10.3. The van der Waals surface area contributed by atoms with Gasteiger partial charge in [0.2, 0.25) is 6.79 Å². The summed E-state index contributed by atoms with van der Waals surface area (Å²) >= 11 is 0. The van der Waals surface area contributed by atoms with Crippen molar-refractivity contribution >= 4 is 5.97 Å². The first-order valence-electron chi connectivity index (χ1n) is 5.06. The molecule has 0 aliphatic carbocycles. The van der Waals surface area contributed by atoms with Gasteiger partial charge in [-0.3, -0.25) is 0 Å². The van der Waals surface area contributed by atoms with E-state index in [0.717, 1.165) is 0 Å². The van der Waals surface area contributed by atoms with Crippen molar-refractivity contribution in [1.29, 1.82) is 0 Å². The van der Waals surface area contributed by atoms with Gasteiger partial charge in [0.25, 0.3) is 0 Å². The fourth-order valence-corrected chi connectivity index (χ4v) is 1.56. The number of carbonyl (C=O) groups is 1. The molecule has 1 unspecified atom stereocenters. The van der Waals surface area contributed by atoms with E-state index in [2.05, 4.69) is 6.58 Å². The lowest BCUT2D eigenvalue weighted by Crippen LogP contribution is -2.05. The van der Waals surface area contributed by atoms with Crippen LogP contribution in [0, 0.1) is 0 Å². The summed E-state index contributed by atoms with van der Waals surface area (Å²) in [6, 6.07) is 5.00. The third-order valence-corrected chi connectivity index (χ3v) is 2.52. The summed E-state index contributed by atoms with van der Waals surface area (Å²) in [5.41, 5.74) is 0.548. The molecule has 1 heterocycles. The van der Waals surface area contributed by atoms with Crippen LogP contribution in [-0.2, 0) is 4.79 Å². The molecule has 0 radical (unpaired) electrons. The van der Waals surface area contributed by atoms with E-state index in [-0.39, 0.29) is 18.8 Å². The maximum absolute atomic E-state index is 10.6. The molecule has 1 aliphatic heterocycles. The molecular formula is C12H12O5. The second-order valence-corrected chi connectivity index (χ2v) is 3.74. The van der Waals surface area contributed by atoms with Crippen molar-refractivity contribution in [3.63, 3.8) is 0 Å². The summed E-state index contributed by atoms with van der Waals surface area (Å²) in [5.74, 6) is 0.0743. The van der Waals surface area contributed by atoms with Gasteiger partial charge in [0.15, 0.2) is 11.5 Å². The molecule has 5 nitrogen and oxygen atoms in total. The van der Waals surface area contributed by atoms with Crippen LogP contribution < -0.4 is 9.47 Å². The number of rotatable bonds is 4. The monoisotopic (exact) mass is 236 g/mol. The first-order chi connectivity index (χ1) is 8.08. The zero-order valence-corrected chi connectivity index (χ0v) is 9.05. The van der Waals surface area contributed by atoms with Crippen LogP contribution in [0.1, 0.15) is 18.1 Å². The van der Waals surface area contributed by atoms with Gasteiger partial charge in [0.05, 0.1) is 6.10 Å². The summed E-state index contributed by atoms with van der Waals surface area (Å²) in [4.78, 5) is 10.6. The smallest absolute Gasteiger partial charge is 0.331 e. The van der Waals surface area contributed by atoms with E-state index in [1.54, 1.807) is 18.2 Å². The minimum Gasteiger partial charge on any atom is -0.478 e. The van der Waals surface area contributed by atoms with E-state index < -0.39 is 12.1 Å². The van der Waals surface area contributed by atoms with Crippen LogP contribution in [0.2, 0.25) is 0 Å². The van der Waals surface area contributed by atoms with Gasteiger partial charge in [-0.05, 0) is 17.7 Å². The Hall–Kier alpha value is -2.01. The van der Waals surface area contributed by atoms with E-state index in [4.69, 9.17) is 14.6 Å². The number of carboxylic acids is 1. The highest BCUT2D eigenvalue weighted by Crippen LogP contribution is 2.35. The zero-order valence-electron chi connectivity index (χ0n) is 9.05. The highest BCUT2D eigenvalue weighted by molar-refractivity contribution is 5.85. The molecule has 5 heteroatoms. The third-order valence-electron chi connectivity index (χ3n) is 2.52. The van der Waals surface area contributed by atoms with Crippen LogP contribution in [0.25, 0.3) is 0 Å². The summed E-state index contributed by atoms with van der Waals surface area (Å²) in [6.45, 7) is 3.54. The zero-order chi connectivity index (χ0) is 12.4. The number of hydrogen-bond acceptors (Lipinski definition) is 4. The van der Waals surface area contributed by atoms with Crippen molar-refractivity contribution in [2.75, 3.05) is 6.79 Å². The predicted molar refractivity (Wildman–Crippen MR) is 58.9 cm³/mol. The number of benzene rings is 1. The molecule has 1 atom stereocenters. The van der Waals surface area contributed by atoms with E-state index >= 15 is 0 Å².